The largest absolute Gasteiger partial charge is 0.506 e. The number of phenolic OH excluding ortho intramolecular Hbond substituents is 1. The summed E-state index contributed by atoms with van der Waals surface area (Å²) in [6, 6.07) is 26.2. The third-order valence-corrected chi connectivity index (χ3v) is 9.07. The molecule has 0 bridgehead atoms. The van der Waals surface area contributed by atoms with E-state index in [0.717, 1.165) is 68.7 Å². The number of unbranched alkanes of at least 4 members (excludes halogenated alkanes) is 6. The number of aliphatic hydroxyl groups excluding tert-OH is 1. The number of likely N-dealkylation sites (tertiary alicyclic amines) is 1. The van der Waals surface area contributed by atoms with Crippen molar-refractivity contribution in [2.75, 3.05) is 38.0 Å². The molecule has 9 nitrogen and oxygen atoms in total. The van der Waals surface area contributed by atoms with Crippen molar-refractivity contribution < 1.29 is 15.0 Å². The predicted octanol–water partition coefficient (Wildman–Crippen LogP) is 6.47. The number of benzene rings is 3. The number of phenols is 1. The molecule has 0 saturated carbocycles. The van der Waals surface area contributed by atoms with Gasteiger partial charge in [-0.15, -0.1) is 0 Å². The predicted molar refractivity (Wildman–Crippen MR) is 190 cm³/mol. The van der Waals surface area contributed by atoms with Gasteiger partial charge in [0.15, 0.2) is 0 Å². The molecule has 1 aliphatic rings. The molecule has 3 aromatic carbocycles. The molecule has 2 heterocycles. The number of nitrogens with one attached hydrogen (secondary N) is 3. The third kappa shape index (κ3) is 9.91. The van der Waals surface area contributed by atoms with E-state index < -0.39 is 6.23 Å². The van der Waals surface area contributed by atoms with Gasteiger partial charge in [-0.05, 0) is 62.5 Å². The van der Waals surface area contributed by atoms with Crippen LogP contribution < -0.4 is 21.5 Å². The monoisotopic (exact) mass is 639 g/mol. The molecule has 0 radical (unpaired) electrons. The van der Waals surface area contributed by atoms with Gasteiger partial charge in [0.2, 0.25) is 0 Å². The van der Waals surface area contributed by atoms with Crippen molar-refractivity contribution in [1.29, 1.82) is 0 Å². The number of piperidine rings is 1. The van der Waals surface area contributed by atoms with Crippen LogP contribution in [-0.2, 0) is 0 Å². The number of hydrogen-bond acceptors (Lipinski definition) is 6. The molecule has 9 heteroatoms. The van der Waals surface area contributed by atoms with Gasteiger partial charge < -0.3 is 31.1 Å². The summed E-state index contributed by atoms with van der Waals surface area (Å²) in [6.45, 7) is 4.17. The molecule has 250 valence electrons. The SMILES string of the molecule is O=C(Nc1ccccc1-c1ccccc1)NC1CCN(CCCCCCCCCNCC(O)n2c(=O)ccc3cccc(O)c32)CC1. The molecule has 2 amide bonds. The average molecular weight is 640 g/mol. The minimum absolute atomic E-state index is 0.0140. The summed E-state index contributed by atoms with van der Waals surface area (Å²) >= 11 is 0. The van der Waals surface area contributed by atoms with Crippen molar-refractivity contribution in [2.24, 2.45) is 0 Å². The summed E-state index contributed by atoms with van der Waals surface area (Å²) in [5.41, 5.74) is 2.94. The zero-order chi connectivity index (χ0) is 32.8. The molecule has 1 aliphatic heterocycles. The number of fused-ring (bicyclic) bond motifs is 1. The zero-order valence-electron chi connectivity index (χ0n) is 27.2. The fourth-order valence-corrected chi connectivity index (χ4v) is 6.49. The molecule has 1 unspecified atom stereocenters. The third-order valence-electron chi connectivity index (χ3n) is 9.07. The number of para-hydroxylation sites is 2. The van der Waals surface area contributed by atoms with Gasteiger partial charge in [0.1, 0.15) is 12.0 Å². The molecule has 0 aliphatic carbocycles. The highest BCUT2D eigenvalue weighted by atomic mass is 16.3. The molecule has 1 aromatic heterocycles. The Morgan fingerprint density at radius 2 is 1.51 bits per heavy atom. The Morgan fingerprint density at radius 3 is 2.30 bits per heavy atom. The number of urea groups is 1. The number of pyridine rings is 1. The van der Waals surface area contributed by atoms with Gasteiger partial charge in [-0.1, -0.05) is 92.8 Å². The number of aromatic hydroxyl groups is 1. The lowest BCUT2D eigenvalue weighted by Crippen LogP contribution is -2.46. The van der Waals surface area contributed by atoms with Gasteiger partial charge >= 0.3 is 6.03 Å². The van der Waals surface area contributed by atoms with Crippen molar-refractivity contribution in [3.8, 4) is 16.9 Å². The van der Waals surface area contributed by atoms with Gasteiger partial charge in [0.25, 0.3) is 5.56 Å². The van der Waals surface area contributed by atoms with Gasteiger partial charge in [0.05, 0.1) is 11.2 Å². The van der Waals surface area contributed by atoms with Gasteiger partial charge in [0, 0.05) is 42.7 Å². The molecule has 47 heavy (non-hydrogen) atoms. The molecular weight excluding hydrogens is 590 g/mol. The number of carbonyl (C=O) groups is 1. The Kier molecular flexibility index (Phi) is 12.8. The topological polar surface area (TPSA) is 119 Å². The number of aliphatic hydroxyl groups is 1. The van der Waals surface area contributed by atoms with Crippen molar-refractivity contribution in [2.45, 2.75) is 70.1 Å². The van der Waals surface area contributed by atoms with Crippen molar-refractivity contribution >= 4 is 22.6 Å². The maximum atomic E-state index is 12.8. The summed E-state index contributed by atoms with van der Waals surface area (Å²) in [7, 11) is 0. The molecule has 4 aromatic rings. The lowest BCUT2D eigenvalue weighted by Gasteiger charge is -2.32. The number of carbonyl (C=O) groups excluding carboxylic acids is 1. The van der Waals surface area contributed by atoms with Crippen LogP contribution in [0.1, 0.15) is 64.0 Å². The number of anilines is 1. The van der Waals surface area contributed by atoms with E-state index in [0.29, 0.717) is 10.9 Å². The quantitative estimate of drug-likeness (QED) is 0.0897. The lowest BCUT2D eigenvalue weighted by molar-refractivity contribution is 0.103. The van der Waals surface area contributed by atoms with Crippen LogP contribution in [0.25, 0.3) is 22.0 Å². The van der Waals surface area contributed by atoms with E-state index in [4.69, 9.17) is 0 Å². The second kappa shape index (κ2) is 17.7. The minimum atomic E-state index is -1.05. The molecule has 5 rings (SSSR count). The number of aromatic nitrogens is 1. The van der Waals surface area contributed by atoms with Crippen molar-refractivity contribution in [3.63, 3.8) is 0 Å². The van der Waals surface area contributed by atoms with E-state index in [2.05, 4.69) is 33.0 Å². The molecule has 0 spiro atoms. The van der Waals surface area contributed by atoms with Crippen LogP contribution in [0.15, 0.2) is 89.7 Å². The van der Waals surface area contributed by atoms with E-state index in [1.165, 1.54) is 48.8 Å². The summed E-state index contributed by atoms with van der Waals surface area (Å²) in [6.07, 6.45) is 9.14. The second-order valence-electron chi connectivity index (χ2n) is 12.5. The standard InChI is InChI=1S/C38H49N5O4/c44-34-19-13-16-30-20-21-35(45)43(37(30)34)36(46)28-39-24-11-4-2-1-3-5-12-25-42-26-22-31(23-27-42)40-38(47)41-33-18-10-9-17-32(33)29-14-7-6-8-15-29/h6-10,13-21,31,36,39,44,46H,1-5,11-12,22-28H2,(H2,40,41,47). The molecule has 5 N–H and O–H groups in total. The highest BCUT2D eigenvalue weighted by Gasteiger charge is 2.21. The van der Waals surface area contributed by atoms with E-state index in [1.807, 2.05) is 48.5 Å². The van der Waals surface area contributed by atoms with Crippen LogP contribution in [-0.4, -0.2) is 64.5 Å². The van der Waals surface area contributed by atoms with Crippen molar-refractivity contribution in [1.82, 2.24) is 20.1 Å². The summed E-state index contributed by atoms with van der Waals surface area (Å²) in [5.74, 6) is -0.0140. The van der Waals surface area contributed by atoms with E-state index >= 15 is 0 Å². The number of amides is 2. The van der Waals surface area contributed by atoms with Crippen LogP contribution in [0.4, 0.5) is 10.5 Å². The Balaban J connectivity index is 0.881. The zero-order valence-corrected chi connectivity index (χ0v) is 27.2. The van der Waals surface area contributed by atoms with Crippen LogP contribution in [0.2, 0.25) is 0 Å². The highest BCUT2D eigenvalue weighted by Crippen LogP contribution is 2.28. The van der Waals surface area contributed by atoms with Crippen LogP contribution >= 0.6 is 0 Å². The Hall–Kier alpha value is -4.18. The first-order chi connectivity index (χ1) is 23.0. The van der Waals surface area contributed by atoms with Gasteiger partial charge in [-0.2, -0.15) is 0 Å². The smallest absolute Gasteiger partial charge is 0.319 e. The maximum Gasteiger partial charge on any atom is 0.319 e. The Morgan fingerprint density at radius 1 is 0.809 bits per heavy atom. The minimum Gasteiger partial charge on any atom is -0.506 e. The Labute approximate surface area is 277 Å². The molecule has 1 saturated heterocycles. The van der Waals surface area contributed by atoms with Crippen LogP contribution in [0.5, 0.6) is 5.75 Å². The van der Waals surface area contributed by atoms with Crippen molar-refractivity contribution in [3.05, 3.63) is 95.3 Å². The molecule has 1 fully saturated rings. The number of nitrogens with zero attached hydrogens (tertiary/aromatic N) is 2. The van der Waals surface area contributed by atoms with E-state index in [-0.39, 0.29) is 29.9 Å². The Bertz CT molecular complexity index is 1620. The average Bonchev–Trinajstić information content (AvgIpc) is 3.08. The first-order valence-electron chi connectivity index (χ1n) is 17.2. The molecule has 1 atom stereocenters. The summed E-state index contributed by atoms with van der Waals surface area (Å²) < 4.78 is 1.25. The highest BCUT2D eigenvalue weighted by molar-refractivity contribution is 5.94. The first kappa shape index (κ1) is 34.2. The van der Waals surface area contributed by atoms with Crippen LogP contribution in [0, 0.1) is 0 Å². The van der Waals surface area contributed by atoms with Gasteiger partial charge in [-0.25, -0.2) is 4.79 Å². The molecular formula is C38H49N5O4. The van der Waals surface area contributed by atoms with E-state index in [9.17, 15) is 19.8 Å². The van der Waals surface area contributed by atoms with Crippen LogP contribution in [0.3, 0.4) is 0 Å². The lowest BCUT2D eigenvalue weighted by atomic mass is 10.0. The summed E-state index contributed by atoms with van der Waals surface area (Å²) in [4.78, 5) is 27.7. The van der Waals surface area contributed by atoms with Gasteiger partial charge in [-0.3, -0.25) is 9.36 Å². The number of hydrogen-bond donors (Lipinski definition) is 5. The first-order valence-corrected chi connectivity index (χ1v) is 17.2. The maximum absolute atomic E-state index is 12.8. The van der Waals surface area contributed by atoms with E-state index in [1.54, 1.807) is 12.1 Å². The fraction of sp³-hybridized carbons (Fsp3) is 0.421. The second-order valence-corrected chi connectivity index (χ2v) is 12.5. The summed E-state index contributed by atoms with van der Waals surface area (Å²) in [5, 5.41) is 31.1. The fourth-order valence-electron chi connectivity index (χ4n) is 6.49. The number of rotatable bonds is 16. The normalized spacial score (nSPS) is 14.7.